The van der Waals surface area contributed by atoms with Gasteiger partial charge in [0.1, 0.15) is 12.1 Å². The second-order valence-electron chi connectivity index (χ2n) is 5.98. The molecule has 0 saturated carbocycles. The molecule has 2 aromatic heterocycles. The van der Waals surface area contributed by atoms with Crippen molar-refractivity contribution >= 4 is 16.9 Å². The lowest BCUT2D eigenvalue weighted by atomic mass is 9.88. The Morgan fingerprint density at radius 1 is 1.50 bits per heavy atom. The zero-order valence-corrected chi connectivity index (χ0v) is 12.5. The van der Waals surface area contributed by atoms with Crippen LogP contribution in [0.25, 0.3) is 11.0 Å². The van der Waals surface area contributed by atoms with Crippen molar-refractivity contribution in [2.75, 3.05) is 5.73 Å². The summed E-state index contributed by atoms with van der Waals surface area (Å²) in [5, 5.41) is 9.80. The first-order chi connectivity index (χ1) is 10.2. The van der Waals surface area contributed by atoms with Crippen LogP contribution in [0, 0.1) is 11.7 Å². The van der Waals surface area contributed by atoms with Crippen LogP contribution in [0.5, 0.6) is 0 Å². The highest BCUT2D eigenvalue weighted by Crippen LogP contribution is 2.47. The van der Waals surface area contributed by atoms with Gasteiger partial charge in [-0.1, -0.05) is 6.92 Å². The summed E-state index contributed by atoms with van der Waals surface area (Å²) in [4.78, 5) is 7.73. The zero-order chi connectivity index (χ0) is 16.2. The summed E-state index contributed by atoms with van der Waals surface area (Å²) >= 11 is 0. The molecule has 1 fully saturated rings. The van der Waals surface area contributed by atoms with Gasteiger partial charge in [0.25, 0.3) is 0 Å². The standard InChI is InChI=1S/C14H18F2N4O2/c1-6-10(7(2)21)22-13(14(6,3)16)20-4-8(15)9-11(17)18-5-19-12(9)20/h4-7,10,13,21H,1-3H3,(H2,17,18,19)/t6-,7+,10+,13-,14-/m1/s1. The van der Waals surface area contributed by atoms with E-state index < -0.39 is 35.8 Å². The third-order valence-electron chi connectivity index (χ3n) is 4.47. The van der Waals surface area contributed by atoms with Crippen molar-refractivity contribution in [1.29, 1.82) is 0 Å². The van der Waals surface area contributed by atoms with E-state index in [1.807, 2.05) is 0 Å². The SMILES string of the molecule is C[C@H](O)[C@H]1O[C@@H](n2cc(F)c3c(N)ncnc32)[C@](C)(F)[C@@H]1C. The van der Waals surface area contributed by atoms with Crippen LogP contribution in [0.4, 0.5) is 14.6 Å². The minimum atomic E-state index is -1.81. The number of nitrogen functional groups attached to an aromatic ring is 1. The van der Waals surface area contributed by atoms with Gasteiger partial charge in [-0.05, 0) is 13.8 Å². The molecule has 0 bridgehead atoms. The van der Waals surface area contributed by atoms with Crippen molar-refractivity contribution in [3.63, 3.8) is 0 Å². The minimum Gasteiger partial charge on any atom is -0.391 e. The molecule has 6 nitrogen and oxygen atoms in total. The Morgan fingerprint density at radius 2 is 2.18 bits per heavy atom. The monoisotopic (exact) mass is 312 g/mol. The van der Waals surface area contributed by atoms with Crippen LogP contribution >= 0.6 is 0 Å². The Labute approximate surface area is 125 Å². The Kier molecular flexibility index (Phi) is 3.33. The van der Waals surface area contributed by atoms with E-state index in [-0.39, 0.29) is 16.9 Å². The molecule has 0 spiro atoms. The molecule has 1 aliphatic rings. The fraction of sp³-hybridized carbons (Fsp3) is 0.571. The third kappa shape index (κ3) is 1.98. The molecule has 3 N–H and O–H groups in total. The maximum Gasteiger partial charge on any atom is 0.170 e. The number of aliphatic hydroxyl groups excluding tert-OH is 1. The molecule has 0 aliphatic carbocycles. The molecule has 5 atom stereocenters. The van der Waals surface area contributed by atoms with Crippen molar-refractivity contribution in [1.82, 2.24) is 14.5 Å². The van der Waals surface area contributed by atoms with Crippen LogP contribution < -0.4 is 5.73 Å². The van der Waals surface area contributed by atoms with E-state index >= 15 is 4.39 Å². The average molecular weight is 312 g/mol. The summed E-state index contributed by atoms with van der Waals surface area (Å²) < 4.78 is 36.2. The Hall–Kier alpha value is -1.80. The van der Waals surface area contributed by atoms with Crippen LogP contribution in [0.15, 0.2) is 12.5 Å². The minimum absolute atomic E-state index is 0.0140. The van der Waals surface area contributed by atoms with E-state index in [2.05, 4.69) is 9.97 Å². The molecule has 3 rings (SSSR count). The van der Waals surface area contributed by atoms with Crippen LogP contribution in [0.2, 0.25) is 0 Å². The molecule has 22 heavy (non-hydrogen) atoms. The molecule has 2 aromatic rings. The quantitative estimate of drug-likeness (QED) is 0.883. The molecule has 8 heteroatoms. The molecule has 3 heterocycles. The number of fused-ring (bicyclic) bond motifs is 1. The lowest BCUT2D eigenvalue weighted by Crippen LogP contribution is -2.35. The Bertz CT molecular complexity index is 716. The molecular formula is C14H18F2N4O2. The second kappa shape index (κ2) is 4.85. The fourth-order valence-electron chi connectivity index (χ4n) is 3.06. The first-order valence-corrected chi connectivity index (χ1v) is 7.04. The summed E-state index contributed by atoms with van der Waals surface area (Å²) in [5.74, 6) is -1.22. The number of ether oxygens (including phenoxy) is 1. The highest BCUT2D eigenvalue weighted by atomic mass is 19.1. The third-order valence-corrected chi connectivity index (χ3v) is 4.47. The van der Waals surface area contributed by atoms with Gasteiger partial charge in [0.2, 0.25) is 0 Å². The zero-order valence-electron chi connectivity index (χ0n) is 12.5. The van der Waals surface area contributed by atoms with Gasteiger partial charge < -0.3 is 15.6 Å². The first kappa shape index (κ1) is 15.1. The second-order valence-corrected chi connectivity index (χ2v) is 5.98. The fourth-order valence-corrected chi connectivity index (χ4v) is 3.06. The summed E-state index contributed by atoms with van der Waals surface area (Å²) in [7, 11) is 0. The number of rotatable bonds is 2. The molecule has 0 aromatic carbocycles. The molecule has 1 saturated heterocycles. The number of anilines is 1. The predicted octanol–water partition coefficient (Wildman–Crippen LogP) is 1.80. The van der Waals surface area contributed by atoms with Gasteiger partial charge in [-0.3, -0.25) is 4.57 Å². The normalized spacial score (nSPS) is 33.5. The van der Waals surface area contributed by atoms with Crippen LogP contribution in [-0.2, 0) is 4.74 Å². The number of aromatic nitrogens is 3. The maximum absolute atomic E-state index is 15.1. The van der Waals surface area contributed by atoms with Gasteiger partial charge in [0, 0.05) is 12.1 Å². The highest BCUT2D eigenvalue weighted by Gasteiger charge is 2.54. The van der Waals surface area contributed by atoms with E-state index in [4.69, 9.17) is 10.5 Å². The number of hydrogen-bond acceptors (Lipinski definition) is 5. The van der Waals surface area contributed by atoms with Gasteiger partial charge >= 0.3 is 0 Å². The average Bonchev–Trinajstić information content (AvgIpc) is 2.87. The summed E-state index contributed by atoms with van der Waals surface area (Å²) in [5.41, 5.74) is 4.02. The Balaban J connectivity index is 2.14. The van der Waals surface area contributed by atoms with Gasteiger partial charge in [-0.15, -0.1) is 0 Å². The van der Waals surface area contributed by atoms with E-state index in [9.17, 15) is 9.50 Å². The van der Waals surface area contributed by atoms with Gasteiger partial charge in [0.05, 0.1) is 17.6 Å². The molecule has 120 valence electrons. The predicted molar refractivity (Wildman–Crippen MR) is 76.2 cm³/mol. The Morgan fingerprint density at radius 3 is 2.77 bits per heavy atom. The van der Waals surface area contributed by atoms with Crippen molar-refractivity contribution in [2.45, 2.75) is 44.9 Å². The number of aliphatic hydroxyl groups is 1. The van der Waals surface area contributed by atoms with Crippen molar-refractivity contribution in [2.24, 2.45) is 5.92 Å². The number of halogens is 2. The summed E-state index contributed by atoms with van der Waals surface area (Å²) in [6, 6.07) is 0. The van der Waals surface area contributed by atoms with Crippen molar-refractivity contribution in [3.8, 4) is 0 Å². The molecule has 1 aliphatic heterocycles. The topological polar surface area (TPSA) is 86.2 Å². The van der Waals surface area contributed by atoms with Crippen LogP contribution in [0.1, 0.15) is 27.0 Å². The molecule has 0 radical (unpaired) electrons. The van der Waals surface area contributed by atoms with Gasteiger partial charge in [0.15, 0.2) is 23.4 Å². The van der Waals surface area contributed by atoms with Crippen LogP contribution in [-0.4, -0.2) is 37.5 Å². The maximum atomic E-state index is 15.1. The van der Waals surface area contributed by atoms with Gasteiger partial charge in [-0.2, -0.15) is 0 Å². The molecule has 0 amide bonds. The van der Waals surface area contributed by atoms with Gasteiger partial charge in [-0.25, -0.2) is 18.7 Å². The van der Waals surface area contributed by atoms with E-state index in [1.54, 1.807) is 6.92 Å². The number of hydrogen-bond donors (Lipinski definition) is 2. The van der Waals surface area contributed by atoms with E-state index in [1.165, 1.54) is 24.7 Å². The van der Waals surface area contributed by atoms with Crippen molar-refractivity contribution < 1.29 is 18.6 Å². The summed E-state index contributed by atoms with van der Waals surface area (Å²) in [6.45, 7) is 4.57. The highest BCUT2D eigenvalue weighted by molar-refractivity contribution is 5.86. The first-order valence-electron chi connectivity index (χ1n) is 7.04. The van der Waals surface area contributed by atoms with Crippen LogP contribution in [0.3, 0.4) is 0 Å². The largest absolute Gasteiger partial charge is 0.391 e. The smallest absolute Gasteiger partial charge is 0.170 e. The van der Waals surface area contributed by atoms with E-state index in [0.717, 1.165) is 6.20 Å². The number of alkyl halides is 1. The van der Waals surface area contributed by atoms with E-state index in [0.29, 0.717) is 0 Å². The molecule has 0 unspecified atom stereocenters. The number of nitrogens with zero attached hydrogens (tertiary/aromatic N) is 3. The lowest BCUT2D eigenvalue weighted by Gasteiger charge is -2.26. The lowest BCUT2D eigenvalue weighted by molar-refractivity contribution is -0.0761. The number of nitrogens with two attached hydrogens (primary N) is 1. The molecular weight excluding hydrogens is 294 g/mol. The summed E-state index contributed by atoms with van der Waals surface area (Å²) in [6.07, 6.45) is -0.354. The van der Waals surface area contributed by atoms with Crippen molar-refractivity contribution in [3.05, 3.63) is 18.3 Å².